The molecule has 1 saturated carbocycles. The summed E-state index contributed by atoms with van der Waals surface area (Å²) in [5.74, 6) is 0.322. The Morgan fingerprint density at radius 2 is 2.18 bits per heavy atom. The van der Waals surface area contributed by atoms with Crippen LogP contribution < -0.4 is 10.6 Å². The van der Waals surface area contributed by atoms with Crippen LogP contribution in [0.25, 0.3) is 0 Å². The largest absolute Gasteiger partial charge is 0.368 e. The number of nitrogens with zero attached hydrogens (tertiary/aromatic N) is 3. The lowest BCUT2D eigenvalue weighted by atomic mass is 10.2. The maximum Gasteiger partial charge on any atom is 0.237 e. The number of nitrogens with two attached hydrogens (primary N) is 1. The third-order valence-corrected chi connectivity index (χ3v) is 3.21. The highest BCUT2D eigenvalue weighted by molar-refractivity contribution is 6.29. The summed E-state index contributed by atoms with van der Waals surface area (Å²) in [7, 11) is 0. The lowest BCUT2D eigenvalue weighted by Gasteiger charge is -2.28. The fourth-order valence-electron chi connectivity index (χ4n) is 2.26. The predicted octanol–water partition coefficient (Wildman–Crippen LogP) is 1.36. The van der Waals surface area contributed by atoms with E-state index in [0.717, 1.165) is 12.8 Å². The van der Waals surface area contributed by atoms with E-state index in [1.54, 1.807) is 6.07 Å². The second kappa shape index (κ2) is 5.31. The number of carbonyl (C=O) groups is 1. The summed E-state index contributed by atoms with van der Waals surface area (Å²) in [6.07, 6.45) is 5.89. The van der Waals surface area contributed by atoms with E-state index in [1.807, 2.05) is 4.90 Å². The first-order chi connectivity index (χ1) is 8.16. The molecular weight excluding hydrogens is 240 g/mol. The molecule has 92 valence electrons. The first kappa shape index (κ1) is 12.1. The van der Waals surface area contributed by atoms with E-state index >= 15 is 0 Å². The van der Waals surface area contributed by atoms with Gasteiger partial charge < -0.3 is 10.6 Å². The number of rotatable bonds is 4. The normalized spacial score (nSPS) is 16.1. The highest BCUT2D eigenvalue weighted by Gasteiger charge is 2.25. The molecule has 0 aliphatic heterocycles. The van der Waals surface area contributed by atoms with Crippen LogP contribution in [0.1, 0.15) is 25.7 Å². The molecule has 1 aliphatic rings. The summed E-state index contributed by atoms with van der Waals surface area (Å²) >= 11 is 5.84. The number of anilines is 1. The molecule has 1 heterocycles. The van der Waals surface area contributed by atoms with Gasteiger partial charge in [0.15, 0.2) is 0 Å². The molecule has 0 unspecified atom stereocenters. The van der Waals surface area contributed by atoms with Gasteiger partial charge in [0.1, 0.15) is 17.3 Å². The molecule has 5 nitrogen and oxygen atoms in total. The van der Waals surface area contributed by atoms with Gasteiger partial charge >= 0.3 is 0 Å². The van der Waals surface area contributed by atoms with Crippen molar-refractivity contribution < 1.29 is 4.79 Å². The van der Waals surface area contributed by atoms with Gasteiger partial charge in [-0.3, -0.25) is 4.79 Å². The molecule has 1 fully saturated rings. The van der Waals surface area contributed by atoms with Crippen LogP contribution in [-0.2, 0) is 4.79 Å². The maximum atomic E-state index is 11.1. The summed E-state index contributed by atoms with van der Waals surface area (Å²) in [6, 6.07) is 2.00. The zero-order valence-corrected chi connectivity index (χ0v) is 10.2. The first-order valence-electron chi connectivity index (χ1n) is 5.69. The molecule has 1 aromatic heterocycles. The maximum absolute atomic E-state index is 11.1. The smallest absolute Gasteiger partial charge is 0.237 e. The Bertz CT molecular complexity index is 406. The predicted molar refractivity (Wildman–Crippen MR) is 65.8 cm³/mol. The van der Waals surface area contributed by atoms with E-state index in [0.29, 0.717) is 17.0 Å². The van der Waals surface area contributed by atoms with Crippen LogP contribution in [0.2, 0.25) is 5.15 Å². The van der Waals surface area contributed by atoms with Crippen molar-refractivity contribution in [2.45, 2.75) is 31.7 Å². The number of amides is 1. The molecule has 2 rings (SSSR count). The Balaban J connectivity index is 2.22. The van der Waals surface area contributed by atoms with Crippen LogP contribution in [0.3, 0.4) is 0 Å². The van der Waals surface area contributed by atoms with Crippen molar-refractivity contribution >= 4 is 23.3 Å². The van der Waals surface area contributed by atoms with Gasteiger partial charge in [-0.25, -0.2) is 9.97 Å². The van der Waals surface area contributed by atoms with E-state index in [1.165, 1.54) is 19.2 Å². The summed E-state index contributed by atoms with van der Waals surface area (Å²) < 4.78 is 0. The number of primary amides is 1. The van der Waals surface area contributed by atoms with Crippen LogP contribution in [-0.4, -0.2) is 28.5 Å². The molecule has 0 saturated heterocycles. The minimum absolute atomic E-state index is 0.179. The molecule has 1 aliphatic carbocycles. The van der Waals surface area contributed by atoms with Gasteiger partial charge in [0.2, 0.25) is 5.91 Å². The molecule has 1 amide bonds. The summed E-state index contributed by atoms with van der Waals surface area (Å²) in [6.45, 7) is 0.179. The summed E-state index contributed by atoms with van der Waals surface area (Å²) in [4.78, 5) is 21.1. The second-order valence-electron chi connectivity index (χ2n) is 4.23. The Kier molecular flexibility index (Phi) is 3.78. The standard InChI is InChI=1S/C11H15ClN4O/c12-9-5-11(15-7-14-9)16(6-10(13)17)8-3-1-2-4-8/h5,7-8H,1-4,6H2,(H2,13,17). The van der Waals surface area contributed by atoms with Gasteiger partial charge in [-0.05, 0) is 12.8 Å². The third-order valence-electron chi connectivity index (χ3n) is 3.01. The van der Waals surface area contributed by atoms with Gasteiger partial charge in [-0.1, -0.05) is 24.4 Å². The fraction of sp³-hybridized carbons (Fsp3) is 0.545. The van der Waals surface area contributed by atoms with Gasteiger partial charge in [-0.2, -0.15) is 0 Å². The number of hydrogen-bond acceptors (Lipinski definition) is 4. The van der Waals surface area contributed by atoms with Crippen molar-refractivity contribution in [3.8, 4) is 0 Å². The topological polar surface area (TPSA) is 72.1 Å². The van der Waals surface area contributed by atoms with Crippen molar-refractivity contribution in [1.29, 1.82) is 0 Å². The molecule has 0 bridgehead atoms. The van der Waals surface area contributed by atoms with E-state index < -0.39 is 0 Å². The van der Waals surface area contributed by atoms with Gasteiger partial charge in [0, 0.05) is 12.1 Å². The van der Waals surface area contributed by atoms with Gasteiger partial charge in [-0.15, -0.1) is 0 Å². The van der Waals surface area contributed by atoms with Crippen molar-refractivity contribution in [3.05, 3.63) is 17.5 Å². The van der Waals surface area contributed by atoms with Crippen LogP contribution in [0.15, 0.2) is 12.4 Å². The van der Waals surface area contributed by atoms with Crippen molar-refractivity contribution in [2.24, 2.45) is 5.73 Å². The highest BCUT2D eigenvalue weighted by Crippen LogP contribution is 2.27. The SMILES string of the molecule is NC(=O)CN(c1cc(Cl)ncn1)C1CCCC1. The third kappa shape index (κ3) is 3.06. The lowest BCUT2D eigenvalue weighted by molar-refractivity contribution is -0.116. The van der Waals surface area contributed by atoms with Crippen LogP contribution in [0.5, 0.6) is 0 Å². The van der Waals surface area contributed by atoms with E-state index in [9.17, 15) is 4.79 Å². The van der Waals surface area contributed by atoms with Crippen molar-refractivity contribution in [1.82, 2.24) is 9.97 Å². The monoisotopic (exact) mass is 254 g/mol. The zero-order valence-electron chi connectivity index (χ0n) is 9.47. The second-order valence-corrected chi connectivity index (χ2v) is 4.62. The van der Waals surface area contributed by atoms with Gasteiger partial charge in [0.05, 0.1) is 6.54 Å². The Morgan fingerprint density at radius 1 is 1.47 bits per heavy atom. The average molecular weight is 255 g/mol. The molecule has 0 spiro atoms. The van der Waals surface area contributed by atoms with Crippen molar-refractivity contribution in [3.63, 3.8) is 0 Å². The Morgan fingerprint density at radius 3 is 2.76 bits per heavy atom. The number of hydrogen-bond donors (Lipinski definition) is 1. The molecule has 6 heteroatoms. The summed E-state index contributed by atoms with van der Waals surface area (Å²) in [5, 5.41) is 0.377. The fourth-order valence-corrected chi connectivity index (χ4v) is 2.40. The number of carbonyl (C=O) groups excluding carboxylic acids is 1. The molecular formula is C11H15ClN4O. The Labute approximate surface area is 105 Å². The first-order valence-corrected chi connectivity index (χ1v) is 6.07. The van der Waals surface area contributed by atoms with Crippen LogP contribution in [0.4, 0.5) is 5.82 Å². The van der Waals surface area contributed by atoms with E-state index in [4.69, 9.17) is 17.3 Å². The lowest BCUT2D eigenvalue weighted by Crippen LogP contribution is -2.40. The minimum atomic E-state index is -0.355. The molecule has 17 heavy (non-hydrogen) atoms. The summed E-state index contributed by atoms with van der Waals surface area (Å²) in [5.41, 5.74) is 5.28. The molecule has 1 aromatic rings. The van der Waals surface area contributed by atoms with Crippen LogP contribution in [0, 0.1) is 0 Å². The molecule has 0 aromatic carbocycles. The quantitative estimate of drug-likeness (QED) is 0.824. The molecule has 2 N–H and O–H groups in total. The number of halogens is 1. The minimum Gasteiger partial charge on any atom is -0.368 e. The zero-order chi connectivity index (χ0) is 12.3. The average Bonchev–Trinajstić information content (AvgIpc) is 2.79. The molecule has 0 atom stereocenters. The number of aromatic nitrogens is 2. The van der Waals surface area contributed by atoms with E-state index in [-0.39, 0.29) is 12.5 Å². The van der Waals surface area contributed by atoms with E-state index in [2.05, 4.69) is 9.97 Å². The van der Waals surface area contributed by atoms with Crippen LogP contribution >= 0.6 is 11.6 Å². The Hall–Kier alpha value is -1.36. The molecule has 0 radical (unpaired) electrons. The van der Waals surface area contributed by atoms with Crippen molar-refractivity contribution in [2.75, 3.05) is 11.4 Å². The highest BCUT2D eigenvalue weighted by atomic mass is 35.5. The van der Waals surface area contributed by atoms with Gasteiger partial charge in [0.25, 0.3) is 0 Å².